The number of rotatable bonds is 3. The first-order valence-electron chi connectivity index (χ1n) is 3.21. The maximum atomic E-state index is 3.79. The third kappa shape index (κ3) is 2.78. The molecule has 0 radical (unpaired) electrons. The molecule has 0 aromatic heterocycles. The quantitative estimate of drug-likeness (QED) is 0.386. The van der Waals surface area contributed by atoms with E-state index in [-0.39, 0.29) is 0 Å². The summed E-state index contributed by atoms with van der Waals surface area (Å²) in [5.41, 5.74) is 0. The first kappa shape index (κ1) is 7.67. The molecule has 0 saturated heterocycles. The van der Waals surface area contributed by atoms with Crippen molar-refractivity contribution in [2.75, 3.05) is 7.05 Å². The summed E-state index contributed by atoms with van der Waals surface area (Å²) in [6, 6.07) is 0.639. The average molecular weight is 114 g/mol. The topological polar surface area (TPSA) is 3.01 Å². The van der Waals surface area contributed by atoms with Crippen molar-refractivity contribution >= 4 is 6.72 Å². The van der Waals surface area contributed by atoms with Crippen LogP contribution in [0, 0.1) is 0 Å². The minimum Gasteiger partial charge on any atom is -0.243 e. The summed E-state index contributed by atoms with van der Waals surface area (Å²) < 4.78 is 2.00. The lowest BCUT2D eigenvalue weighted by Gasteiger charge is -2.02. The molecular weight excluding hydrogens is 98.1 g/mol. The summed E-state index contributed by atoms with van der Waals surface area (Å²) in [6.07, 6.45) is 2.50. The summed E-state index contributed by atoms with van der Waals surface area (Å²) in [6.45, 7) is 8.18. The zero-order valence-electron chi connectivity index (χ0n) is 6.15. The molecule has 0 spiro atoms. The van der Waals surface area contributed by atoms with Gasteiger partial charge < -0.3 is 0 Å². The second-order valence-corrected chi connectivity index (χ2v) is 2.39. The van der Waals surface area contributed by atoms with Gasteiger partial charge in [-0.1, -0.05) is 6.92 Å². The van der Waals surface area contributed by atoms with Crippen molar-refractivity contribution in [3.63, 3.8) is 0 Å². The molecule has 0 heterocycles. The van der Waals surface area contributed by atoms with Gasteiger partial charge >= 0.3 is 0 Å². The molecule has 1 unspecified atom stereocenters. The Morgan fingerprint density at radius 3 is 2.25 bits per heavy atom. The van der Waals surface area contributed by atoms with Gasteiger partial charge in [0.05, 0.1) is 0 Å². The Bertz CT molecular complexity index is 76.5. The highest BCUT2D eigenvalue weighted by Crippen LogP contribution is 1.96. The van der Waals surface area contributed by atoms with Crippen LogP contribution in [0.15, 0.2) is 0 Å². The van der Waals surface area contributed by atoms with Crippen LogP contribution >= 0.6 is 0 Å². The Morgan fingerprint density at radius 2 is 2.12 bits per heavy atom. The molecule has 0 aromatic rings. The second-order valence-electron chi connectivity index (χ2n) is 2.39. The van der Waals surface area contributed by atoms with Gasteiger partial charge in [0.25, 0.3) is 0 Å². The van der Waals surface area contributed by atoms with E-state index in [0.717, 1.165) is 0 Å². The minimum absolute atomic E-state index is 0.639. The summed E-state index contributed by atoms with van der Waals surface area (Å²) >= 11 is 0. The van der Waals surface area contributed by atoms with Crippen molar-refractivity contribution in [2.45, 2.75) is 32.7 Å². The normalized spacial score (nSPS) is 13.4. The van der Waals surface area contributed by atoms with Gasteiger partial charge in [-0.3, -0.25) is 0 Å². The van der Waals surface area contributed by atoms with Gasteiger partial charge in [-0.05, 0) is 13.3 Å². The molecule has 1 atom stereocenters. The molecular formula is C7H16N+. The first-order valence-corrected chi connectivity index (χ1v) is 3.21. The molecule has 0 aliphatic rings. The average Bonchev–Trinajstić information content (AvgIpc) is 1.67. The van der Waals surface area contributed by atoms with E-state index in [1.54, 1.807) is 0 Å². The van der Waals surface area contributed by atoms with Gasteiger partial charge in [0.1, 0.15) is 19.8 Å². The van der Waals surface area contributed by atoms with E-state index in [1.165, 1.54) is 12.8 Å². The van der Waals surface area contributed by atoms with Crippen molar-refractivity contribution in [1.29, 1.82) is 0 Å². The van der Waals surface area contributed by atoms with Crippen LogP contribution in [-0.2, 0) is 0 Å². The van der Waals surface area contributed by atoms with Crippen LogP contribution in [0.3, 0.4) is 0 Å². The highest BCUT2D eigenvalue weighted by Gasteiger charge is 2.03. The summed E-state index contributed by atoms with van der Waals surface area (Å²) in [7, 11) is 2.01. The molecule has 1 nitrogen and oxygen atoms in total. The van der Waals surface area contributed by atoms with Gasteiger partial charge in [-0.2, -0.15) is 0 Å². The van der Waals surface area contributed by atoms with E-state index in [0.29, 0.717) is 6.04 Å². The fourth-order valence-corrected chi connectivity index (χ4v) is 0.638. The zero-order chi connectivity index (χ0) is 6.57. The van der Waals surface area contributed by atoms with Crippen molar-refractivity contribution in [3.05, 3.63) is 0 Å². The van der Waals surface area contributed by atoms with E-state index >= 15 is 0 Å². The molecule has 48 valence electrons. The lowest BCUT2D eigenvalue weighted by Crippen LogP contribution is -2.16. The minimum atomic E-state index is 0.639. The van der Waals surface area contributed by atoms with Gasteiger partial charge in [0.15, 0.2) is 0 Å². The van der Waals surface area contributed by atoms with E-state index in [9.17, 15) is 0 Å². The van der Waals surface area contributed by atoms with E-state index < -0.39 is 0 Å². The zero-order valence-corrected chi connectivity index (χ0v) is 6.15. The molecule has 0 N–H and O–H groups in total. The smallest absolute Gasteiger partial charge is 0.149 e. The molecule has 0 rings (SSSR count). The maximum absolute atomic E-state index is 3.79. The van der Waals surface area contributed by atoms with Gasteiger partial charge in [-0.15, -0.1) is 0 Å². The van der Waals surface area contributed by atoms with E-state index in [1.807, 2.05) is 11.6 Å². The van der Waals surface area contributed by atoms with Crippen LogP contribution in [0.25, 0.3) is 0 Å². The highest BCUT2D eigenvalue weighted by atomic mass is 15.0. The fraction of sp³-hybridized carbons (Fsp3) is 0.857. The van der Waals surface area contributed by atoms with Crippen LogP contribution in [0.5, 0.6) is 0 Å². The molecule has 0 aromatic carbocycles. The third-order valence-electron chi connectivity index (χ3n) is 1.46. The first-order chi connectivity index (χ1) is 3.68. The Labute approximate surface area is 52.0 Å². The monoisotopic (exact) mass is 114 g/mol. The molecule has 0 aliphatic carbocycles. The van der Waals surface area contributed by atoms with Crippen LogP contribution < -0.4 is 0 Å². The van der Waals surface area contributed by atoms with Gasteiger partial charge in [0.2, 0.25) is 0 Å². The van der Waals surface area contributed by atoms with Crippen molar-refractivity contribution < 1.29 is 4.58 Å². The van der Waals surface area contributed by atoms with Crippen molar-refractivity contribution in [1.82, 2.24) is 0 Å². The third-order valence-corrected chi connectivity index (χ3v) is 1.46. The van der Waals surface area contributed by atoms with Crippen molar-refractivity contribution in [3.8, 4) is 0 Å². The van der Waals surface area contributed by atoms with Crippen LogP contribution in [-0.4, -0.2) is 24.4 Å². The molecule has 0 fully saturated rings. The van der Waals surface area contributed by atoms with Crippen LogP contribution in [0.1, 0.15) is 26.7 Å². The standard InChI is InChI=1S/C7H16N/c1-5-6-7(2)8(3)4/h7H,3,5-6H2,1-2,4H3/q+1. The number of nitrogens with zero attached hydrogens (tertiary/aromatic N) is 1. The lowest BCUT2D eigenvalue weighted by atomic mass is 10.2. The lowest BCUT2D eigenvalue weighted by molar-refractivity contribution is -0.526. The van der Waals surface area contributed by atoms with Crippen LogP contribution in [0.4, 0.5) is 0 Å². The van der Waals surface area contributed by atoms with Crippen molar-refractivity contribution in [2.24, 2.45) is 0 Å². The SMILES string of the molecule is C=[N+](C)C(C)CCC. The van der Waals surface area contributed by atoms with E-state index in [4.69, 9.17) is 0 Å². The maximum Gasteiger partial charge on any atom is 0.149 e. The molecule has 0 amide bonds. The summed E-state index contributed by atoms with van der Waals surface area (Å²) in [5.74, 6) is 0. The predicted molar refractivity (Wildman–Crippen MR) is 37.7 cm³/mol. The summed E-state index contributed by atoms with van der Waals surface area (Å²) in [4.78, 5) is 0. The predicted octanol–water partition coefficient (Wildman–Crippen LogP) is 1.52. The Balaban J connectivity index is 3.32. The molecule has 1 heteroatoms. The molecule has 0 bridgehead atoms. The van der Waals surface area contributed by atoms with E-state index in [2.05, 4.69) is 20.6 Å². The largest absolute Gasteiger partial charge is 0.243 e. The van der Waals surface area contributed by atoms with Gasteiger partial charge in [-0.25, -0.2) is 4.58 Å². The second kappa shape index (κ2) is 3.65. The number of hydrogen-bond acceptors (Lipinski definition) is 0. The molecule has 0 aliphatic heterocycles. The summed E-state index contributed by atoms with van der Waals surface area (Å²) in [5, 5.41) is 0. The molecule has 0 saturated carbocycles. The van der Waals surface area contributed by atoms with Crippen LogP contribution in [0.2, 0.25) is 0 Å². The molecule has 8 heavy (non-hydrogen) atoms. The fourth-order valence-electron chi connectivity index (χ4n) is 0.638. The Morgan fingerprint density at radius 1 is 1.62 bits per heavy atom. The Hall–Kier alpha value is -0.330. The van der Waals surface area contributed by atoms with Gasteiger partial charge in [0, 0.05) is 6.42 Å². The number of hydrogen-bond donors (Lipinski definition) is 0. The Kier molecular flexibility index (Phi) is 3.49. The highest BCUT2D eigenvalue weighted by molar-refractivity contribution is 5.14.